The molecule has 0 spiro atoms. The lowest BCUT2D eigenvalue weighted by Gasteiger charge is -2.07. The number of hydrogen-bond donors (Lipinski definition) is 1. The van der Waals surface area contributed by atoms with Gasteiger partial charge < -0.3 is 5.32 Å². The summed E-state index contributed by atoms with van der Waals surface area (Å²) in [4.78, 5) is 10.1. The topological polar surface area (TPSA) is 37.8 Å². The molecule has 88 valence electrons. The second-order valence-corrected chi connectivity index (χ2v) is 5.38. The van der Waals surface area contributed by atoms with Gasteiger partial charge in [0.15, 0.2) is 0 Å². The SMILES string of the molecule is Cc1nc(-c2ccncc2)sc1C1CCCN1. The molecule has 1 N–H and O–H groups in total. The van der Waals surface area contributed by atoms with Gasteiger partial charge in [-0.2, -0.15) is 0 Å². The minimum absolute atomic E-state index is 0.517. The Morgan fingerprint density at radius 3 is 2.88 bits per heavy atom. The monoisotopic (exact) mass is 245 g/mol. The highest BCUT2D eigenvalue weighted by Crippen LogP contribution is 2.34. The van der Waals surface area contributed by atoms with Crippen molar-refractivity contribution < 1.29 is 0 Å². The van der Waals surface area contributed by atoms with Gasteiger partial charge in [-0.05, 0) is 38.4 Å². The second-order valence-electron chi connectivity index (χ2n) is 4.35. The number of thiazole rings is 1. The highest BCUT2D eigenvalue weighted by atomic mass is 32.1. The van der Waals surface area contributed by atoms with E-state index in [1.807, 2.05) is 35.9 Å². The number of nitrogens with one attached hydrogen (secondary N) is 1. The standard InChI is InChI=1S/C13H15N3S/c1-9-12(11-3-2-6-15-11)17-13(16-9)10-4-7-14-8-5-10/h4-5,7-8,11,15H,2-3,6H2,1H3. The Hall–Kier alpha value is -1.26. The van der Waals surface area contributed by atoms with Gasteiger partial charge in [0.25, 0.3) is 0 Å². The molecular formula is C13H15N3S. The maximum absolute atomic E-state index is 4.68. The van der Waals surface area contributed by atoms with E-state index in [0.717, 1.165) is 17.1 Å². The maximum Gasteiger partial charge on any atom is 0.124 e. The van der Waals surface area contributed by atoms with Gasteiger partial charge in [0, 0.05) is 28.9 Å². The third kappa shape index (κ3) is 2.10. The van der Waals surface area contributed by atoms with E-state index in [1.54, 1.807) is 0 Å². The van der Waals surface area contributed by atoms with Crippen molar-refractivity contribution >= 4 is 11.3 Å². The van der Waals surface area contributed by atoms with Crippen LogP contribution in [0.15, 0.2) is 24.5 Å². The minimum atomic E-state index is 0.517. The molecule has 1 unspecified atom stereocenters. The van der Waals surface area contributed by atoms with Gasteiger partial charge in [0.2, 0.25) is 0 Å². The molecule has 3 rings (SSSR count). The molecule has 3 heterocycles. The Morgan fingerprint density at radius 1 is 1.35 bits per heavy atom. The lowest BCUT2D eigenvalue weighted by Crippen LogP contribution is -2.12. The fourth-order valence-corrected chi connectivity index (χ4v) is 3.44. The van der Waals surface area contributed by atoms with E-state index in [1.165, 1.54) is 23.4 Å². The number of aromatic nitrogens is 2. The molecule has 0 saturated carbocycles. The molecule has 3 nitrogen and oxygen atoms in total. The predicted molar refractivity (Wildman–Crippen MR) is 70.1 cm³/mol. The molecule has 1 aliphatic rings. The zero-order chi connectivity index (χ0) is 11.7. The summed E-state index contributed by atoms with van der Waals surface area (Å²) in [6.07, 6.45) is 6.14. The summed E-state index contributed by atoms with van der Waals surface area (Å²) in [6, 6.07) is 4.55. The normalized spacial score (nSPS) is 19.7. The molecule has 0 aliphatic carbocycles. The van der Waals surface area contributed by atoms with Crippen LogP contribution in [0.4, 0.5) is 0 Å². The number of nitrogens with zero attached hydrogens (tertiary/aromatic N) is 2. The quantitative estimate of drug-likeness (QED) is 0.884. The molecule has 1 saturated heterocycles. The summed E-state index contributed by atoms with van der Waals surface area (Å²) in [5.74, 6) is 0. The Bertz CT molecular complexity index is 501. The van der Waals surface area contributed by atoms with Crippen LogP contribution in [0.1, 0.15) is 29.5 Å². The zero-order valence-electron chi connectivity index (χ0n) is 9.81. The van der Waals surface area contributed by atoms with E-state index in [9.17, 15) is 0 Å². The maximum atomic E-state index is 4.68. The Balaban J connectivity index is 1.95. The molecular weight excluding hydrogens is 230 g/mol. The van der Waals surface area contributed by atoms with Gasteiger partial charge in [-0.3, -0.25) is 4.98 Å². The third-order valence-corrected chi connectivity index (χ3v) is 4.46. The molecule has 2 aromatic rings. The molecule has 1 atom stereocenters. The Labute approximate surface area is 105 Å². The predicted octanol–water partition coefficient (Wildman–Crippen LogP) is 2.94. The van der Waals surface area contributed by atoms with E-state index < -0.39 is 0 Å². The third-order valence-electron chi connectivity index (χ3n) is 3.14. The summed E-state index contributed by atoms with van der Waals surface area (Å²) >= 11 is 1.81. The molecule has 1 aliphatic heterocycles. The van der Waals surface area contributed by atoms with E-state index in [-0.39, 0.29) is 0 Å². The van der Waals surface area contributed by atoms with E-state index in [0.29, 0.717) is 6.04 Å². The first kappa shape index (κ1) is 10.9. The van der Waals surface area contributed by atoms with Gasteiger partial charge in [-0.25, -0.2) is 4.98 Å². The van der Waals surface area contributed by atoms with Crippen molar-refractivity contribution in [3.05, 3.63) is 35.1 Å². The number of pyridine rings is 1. The van der Waals surface area contributed by atoms with Gasteiger partial charge in [0.1, 0.15) is 5.01 Å². The first-order valence-electron chi connectivity index (χ1n) is 5.96. The molecule has 0 aromatic carbocycles. The largest absolute Gasteiger partial charge is 0.309 e. The van der Waals surface area contributed by atoms with Gasteiger partial charge in [-0.15, -0.1) is 11.3 Å². The van der Waals surface area contributed by atoms with Crippen LogP contribution in [-0.2, 0) is 0 Å². The average Bonchev–Trinajstić information content (AvgIpc) is 2.99. The van der Waals surface area contributed by atoms with E-state index in [4.69, 9.17) is 0 Å². The Kier molecular flexibility index (Phi) is 2.91. The van der Waals surface area contributed by atoms with Gasteiger partial charge >= 0.3 is 0 Å². The van der Waals surface area contributed by atoms with Crippen molar-refractivity contribution in [2.45, 2.75) is 25.8 Å². The summed E-state index contributed by atoms with van der Waals surface area (Å²) in [5, 5.41) is 4.64. The summed E-state index contributed by atoms with van der Waals surface area (Å²) < 4.78 is 0. The fourth-order valence-electron chi connectivity index (χ4n) is 2.26. The molecule has 0 bridgehead atoms. The second kappa shape index (κ2) is 4.55. The van der Waals surface area contributed by atoms with Crippen LogP contribution < -0.4 is 5.32 Å². The highest BCUT2D eigenvalue weighted by molar-refractivity contribution is 7.15. The van der Waals surface area contributed by atoms with Gasteiger partial charge in [-0.1, -0.05) is 0 Å². The van der Waals surface area contributed by atoms with Crippen molar-refractivity contribution in [3.63, 3.8) is 0 Å². The van der Waals surface area contributed by atoms with Crippen molar-refractivity contribution in [3.8, 4) is 10.6 Å². The molecule has 0 amide bonds. The zero-order valence-corrected chi connectivity index (χ0v) is 10.6. The molecule has 4 heteroatoms. The molecule has 2 aromatic heterocycles. The van der Waals surface area contributed by atoms with Crippen LogP contribution in [0.25, 0.3) is 10.6 Å². The number of aryl methyl sites for hydroxylation is 1. The smallest absolute Gasteiger partial charge is 0.124 e. The summed E-state index contributed by atoms with van der Waals surface area (Å²) in [6.45, 7) is 3.24. The Morgan fingerprint density at radius 2 is 2.18 bits per heavy atom. The number of hydrogen-bond acceptors (Lipinski definition) is 4. The first-order valence-corrected chi connectivity index (χ1v) is 6.77. The average molecular weight is 245 g/mol. The summed E-state index contributed by atoms with van der Waals surface area (Å²) in [5.41, 5.74) is 2.33. The highest BCUT2D eigenvalue weighted by Gasteiger charge is 2.21. The number of rotatable bonds is 2. The van der Waals surface area contributed by atoms with Crippen LogP contribution in [0, 0.1) is 6.92 Å². The first-order chi connectivity index (χ1) is 8.34. The summed E-state index contributed by atoms with van der Waals surface area (Å²) in [7, 11) is 0. The minimum Gasteiger partial charge on any atom is -0.309 e. The van der Waals surface area contributed by atoms with Crippen LogP contribution in [0.2, 0.25) is 0 Å². The van der Waals surface area contributed by atoms with E-state index in [2.05, 4.69) is 22.2 Å². The fraction of sp³-hybridized carbons (Fsp3) is 0.385. The van der Waals surface area contributed by atoms with Crippen LogP contribution in [0.3, 0.4) is 0 Å². The molecule has 1 fully saturated rings. The lowest BCUT2D eigenvalue weighted by molar-refractivity contribution is 0.654. The van der Waals surface area contributed by atoms with Crippen molar-refractivity contribution in [2.24, 2.45) is 0 Å². The molecule has 0 radical (unpaired) electrons. The van der Waals surface area contributed by atoms with Crippen LogP contribution in [0.5, 0.6) is 0 Å². The van der Waals surface area contributed by atoms with Crippen LogP contribution in [-0.4, -0.2) is 16.5 Å². The van der Waals surface area contributed by atoms with Gasteiger partial charge in [0.05, 0.1) is 5.69 Å². The lowest BCUT2D eigenvalue weighted by atomic mass is 10.2. The molecule has 17 heavy (non-hydrogen) atoms. The van der Waals surface area contributed by atoms with Crippen molar-refractivity contribution in [1.29, 1.82) is 0 Å². The van der Waals surface area contributed by atoms with E-state index >= 15 is 0 Å². The van der Waals surface area contributed by atoms with Crippen molar-refractivity contribution in [1.82, 2.24) is 15.3 Å². The van der Waals surface area contributed by atoms with Crippen molar-refractivity contribution in [2.75, 3.05) is 6.54 Å². The van der Waals surface area contributed by atoms with Crippen LogP contribution >= 0.6 is 11.3 Å².